The first-order chi connectivity index (χ1) is 9.29. The van der Waals surface area contributed by atoms with Crippen LogP contribution in [0.15, 0.2) is 24.3 Å². The van der Waals surface area contributed by atoms with Crippen LogP contribution in [-0.4, -0.2) is 18.5 Å². The summed E-state index contributed by atoms with van der Waals surface area (Å²) in [6.07, 6.45) is 0.715. The molecule has 0 saturated carbocycles. The molecule has 1 aromatic carbocycles. The minimum Gasteiger partial charge on any atom is -0.337 e. The van der Waals surface area contributed by atoms with E-state index in [0.29, 0.717) is 23.7 Å². The number of hydrogen-bond acceptors (Lipinski definition) is 2. The molecule has 1 heterocycles. The van der Waals surface area contributed by atoms with Gasteiger partial charge in [0.2, 0.25) is 5.91 Å². The average molecular weight is 295 g/mol. The number of amides is 3. The highest BCUT2D eigenvalue weighted by atomic mass is 35.5. The van der Waals surface area contributed by atoms with E-state index >= 15 is 0 Å². The first-order valence-corrected chi connectivity index (χ1v) is 7.04. The lowest BCUT2D eigenvalue weighted by Gasteiger charge is -2.34. The van der Waals surface area contributed by atoms with E-state index < -0.39 is 6.03 Å². The molecule has 2 rings (SSSR count). The van der Waals surface area contributed by atoms with Crippen molar-refractivity contribution < 1.29 is 9.59 Å². The molecule has 0 aromatic heterocycles. The maximum Gasteiger partial charge on any atom is 0.328 e. The van der Waals surface area contributed by atoms with Crippen LogP contribution in [0.4, 0.5) is 10.5 Å². The number of imide groups is 1. The topological polar surface area (TPSA) is 49.4 Å². The fourth-order valence-corrected chi connectivity index (χ4v) is 2.64. The highest BCUT2D eigenvalue weighted by molar-refractivity contribution is 6.35. The van der Waals surface area contributed by atoms with E-state index in [2.05, 4.69) is 26.1 Å². The summed E-state index contributed by atoms with van der Waals surface area (Å²) in [5, 5.41) is 3.16. The Morgan fingerprint density at radius 1 is 1.30 bits per heavy atom. The Balaban J connectivity index is 2.30. The van der Waals surface area contributed by atoms with Crippen LogP contribution in [0.1, 0.15) is 27.2 Å². The summed E-state index contributed by atoms with van der Waals surface area (Å²) < 4.78 is 0. The van der Waals surface area contributed by atoms with Gasteiger partial charge in [0.1, 0.15) is 0 Å². The summed E-state index contributed by atoms with van der Waals surface area (Å²) in [4.78, 5) is 25.7. The summed E-state index contributed by atoms with van der Waals surface area (Å²) in [5.74, 6) is -0.402. The van der Waals surface area contributed by atoms with Crippen LogP contribution in [-0.2, 0) is 4.79 Å². The molecular weight excluding hydrogens is 276 g/mol. The van der Waals surface area contributed by atoms with Crippen molar-refractivity contribution in [1.82, 2.24) is 5.32 Å². The zero-order valence-corrected chi connectivity index (χ0v) is 12.7. The van der Waals surface area contributed by atoms with Crippen LogP contribution in [0, 0.1) is 11.3 Å². The Labute approximate surface area is 124 Å². The second-order valence-electron chi connectivity index (χ2n) is 6.27. The molecule has 1 saturated heterocycles. The molecule has 3 amide bonds. The van der Waals surface area contributed by atoms with E-state index in [1.165, 1.54) is 0 Å². The molecule has 1 unspecified atom stereocenters. The molecule has 0 radical (unpaired) electrons. The Morgan fingerprint density at radius 2 is 1.95 bits per heavy atom. The van der Waals surface area contributed by atoms with E-state index in [4.69, 9.17) is 11.6 Å². The van der Waals surface area contributed by atoms with Crippen molar-refractivity contribution in [3.8, 4) is 0 Å². The molecule has 0 aliphatic carbocycles. The smallest absolute Gasteiger partial charge is 0.328 e. The van der Waals surface area contributed by atoms with E-state index in [0.717, 1.165) is 4.90 Å². The van der Waals surface area contributed by atoms with Gasteiger partial charge < -0.3 is 5.32 Å². The summed E-state index contributed by atoms with van der Waals surface area (Å²) in [6.45, 7) is 6.62. The lowest BCUT2D eigenvalue weighted by atomic mass is 9.83. The fraction of sp³-hybridized carbons (Fsp3) is 0.467. The van der Waals surface area contributed by atoms with Crippen LogP contribution in [0.25, 0.3) is 0 Å². The van der Waals surface area contributed by atoms with E-state index in [1.807, 2.05) is 0 Å². The molecule has 4 nitrogen and oxygen atoms in total. The summed E-state index contributed by atoms with van der Waals surface area (Å²) in [5.41, 5.74) is 0.462. The van der Waals surface area contributed by atoms with Gasteiger partial charge in [0, 0.05) is 6.54 Å². The molecule has 20 heavy (non-hydrogen) atoms. The van der Waals surface area contributed by atoms with Crippen molar-refractivity contribution in [2.75, 3.05) is 11.4 Å². The minimum atomic E-state index is -0.409. The largest absolute Gasteiger partial charge is 0.337 e. The van der Waals surface area contributed by atoms with E-state index in [9.17, 15) is 9.59 Å². The van der Waals surface area contributed by atoms with Crippen LogP contribution >= 0.6 is 11.6 Å². The van der Waals surface area contributed by atoms with Crippen molar-refractivity contribution >= 4 is 29.2 Å². The Bertz CT molecular complexity index is 537. The molecule has 1 fully saturated rings. The molecule has 1 aliphatic heterocycles. The molecule has 108 valence electrons. The number of carbonyl (C=O) groups is 2. The quantitative estimate of drug-likeness (QED) is 0.908. The fourth-order valence-electron chi connectivity index (χ4n) is 2.42. The van der Waals surface area contributed by atoms with Gasteiger partial charge in [0.15, 0.2) is 0 Å². The Kier molecular flexibility index (Phi) is 4.04. The standard InChI is InChI=1S/C15H19ClN2O2/c1-15(2,3)8-10-9-17-14(20)18(13(10)19)12-7-5-4-6-11(12)16/h4-7,10H,8-9H2,1-3H3,(H,17,20). The van der Waals surface area contributed by atoms with Gasteiger partial charge in [0.25, 0.3) is 0 Å². The first kappa shape index (κ1) is 14.9. The molecule has 0 bridgehead atoms. The number of carbonyl (C=O) groups excluding carboxylic acids is 2. The monoisotopic (exact) mass is 294 g/mol. The average Bonchev–Trinajstić information content (AvgIpc) is 2.34. The third-order valence-corrected chi connectivity index (χ3v) is 3.54. The number of halogens is 1. The maximum atomic E-state index is 12.6. The number of para-hydroxylation sites is 1. The normalized spacial score (nSPS) is 20.0. The predicted molar refractivity (Wildman–Crippen MR) is 79.9 cm³/mol. The number of nitrogens with zero attached hydrogens (tertiary/aromatic N) is 1. The molecule has 1 atom stereocenters. The van der Waals surface area contributed by atoms with Crippen molar-refractivity contribution in [3.63, 3.8) is 0 Å². The van der Waals surface area contributed by atoms with Crippen molar-refractivity contribution in [2.24, 2.45) is 11.3 Å². The second-order valence-corrected chi connectivity index (χ2v) is 6.68. The van der Waals surface area contributed by atoms with Gasteiger partial charge in [-0.2, -0.15) is 0 Å². The van der Waals surface area contributed by atoms with Gasteiger partial charge in [-0.1, -0.05) is 44.5 Å². The van der Waals surface area contributed by atoms with Crippen LogP contribution in [0.2, 0.25) is 5.02 Å². The third kappa shape index (κ3) is 3.12. The SMILES string of the molecule is CC(C)(C)CC1CNC(=O)N(c2ccccc2Cl)C1=O. The lowest BCUT2D eigenvalue weighted by molar-refractivity contribution is -0.123. The second kappa shape index (κ2) is 5.44. The number of rotatable bonds is 2. The molecule has 0 spiro atoms. The first-order valence-electron chi connectivity index (χ1n) is 6.66. The minimum absolute atomic E-state index is 0.0224. The zero-order valence-electron chi connectivity index (χ0n) is 11.9. The molecule has 1 aromatic rings. The molecule has 1 aliphatic rings. The molecule has 1 N–H and O–H groups in total. The highest BCUT2D eigenvalue weighted by Crippen LogP contribution is 2.32. The number of hydrogen-bond donors (Lipinski definition) is 1. The number of benzene rings is 1. The van der Waals surface area contributed by atoms with Crippen LogP contribution in [0.5, 0.6) is 0 Å². The highest BCUT2D eigenvalue weighted by Gasteiger charge is 2.37. The van der Waals surface area contributed by atoms with E-state index in [-0.39, 0.29) is 17.2 Å². The van der Waals surface area contributed by atoms with E-state index in [1.54, 1.807) is 24.3 Å². The van der Waals surface area contributed by atoms with Gasteiger partial charge in [-0.25, -0.2) is 9.69 Å². The Hall–Kier alpha value is -1.55. The third-order valence-electron chi connectivity index (χ3n) is 3.22. The van der Waals surface area contributed by atoms with Gasteiger partial charge in [-0.05, 0) is 24.0 Å². The lowest BCUT2D eigenvalue weighted by Crippen LogP contribution is -2.55. The van der Waals surface area contributed by atoms with Gasteiger partial charge in [0.05, 0.1) is 16.6 Å². The van der Waals surface area contributed by atoms with Crippen LogP contribution < -0.4 is 10.2 Å². The predicted octanol–water partition coefficient (Wildman–Crippen LogP) is 3.45. The molecule has 5 heteroatoms. The summed E-state index contributed by atoms with van der Waals surface area (Å²) >= 11 is 6.10. The van der Waals surface area contributed by atoms with Crippen molar-refractivity contribution in [2.45, 2.75) is 27.2 Å². The summed E-state index contributed by atoms with van der Waals surface area (Å²) in [7, 11) is 0. The van der Waals surface area contributed by atoms with Gasteiger partial charge in [-0.3, -0.25) is 4.79 Å². The maximum absolute atomic E-state index is 12.6. The van der Waals surface area contributed by atoms with Gasteiger partial charge in [-0.15, -0.1) is 0 Å². The zero-order chi connectivity index (χ0) is 14.9. The Morgan fingerprint density at radius 3 is 2.55 bits per heavy atom. The summed E-state index contributed by atoms with van der Waals surface area (Å²) in [6, 6.07) is 6.47. The van der Waals surface area contributed by atoms with Crippen molar-refractivity contribution in [3.05, 3.63) is 29.3 Å². The number of anilines is 1. The number of nitrogens with one attached hydrogen (secondary N) is 1. The van der Waals surface area contributed by atoms with Gasteiger partial charge >= 0.3 is 6.03 Å². The van der Waals surface area contributed by atoms with Crippen LogP contribution in [0.3, 0.4) is 0 Å². The molecular formula is C15H19ClN2O2. The number of urea groups is 1. The van der Waals surface area contributed by atoms with Crippen molar-refractivity contribution in [1.29, 1.82) is 0 Å².